The zero-order valence-corrected chi connectivity index (χ0v) is 13.7. The SMILES string of the molecule is CC(C)(C)OC(=O)N1CCC2(CC(=O)OC2CI)C1. The second-order valence-electron chi connectivity index (χ2n) is 6.32. The maximum atomic E-state index is 12.1. The lowest BCUT2D eigenvalue weighted by atomic mass is 9.81. The van der Waals surface area contributed by atoms with Gasteiger partial charge in [0.25, 0.3) is 0 Å². The highest BCUT2D eigenvalue weighted by Crippen LogP contribution is 2.44. The second kappa shape index (κ2) is 5.10. The number of likely N-dealkylation sites (tertiary alicyclic amines) is 1. The summed E-state index contributed by atoms with van der Waals surface area (Å²) in [7, 11) is 0. The van der Waals surface area contributed by atoms with E-state index in [1.165, 1.54) is 0 Å². The quantitative estimate of drug-likeness (QED) is 0.398. The monoisotopic (exact) mass is 381 g/mol. The highest BCUT2D eigenvalue weighted by molar-refractivity contribution is 14.1. The molecule has 2 aliphatic heterocycles. The van der Waals surface area contributed by atoms with Crippen LogP contribution in [0.4, 0.5) is 4.79 Å². The van der Waals surface area contributed by atoms with Gasteiger partial charge < -0.3 is 14.4 Å². The Morgan fingerprint density at radius 2 is 2.26 bits per heavy atom. The Kier molecular flexibility index (Phi) is 3.99. The molecule has 0 radical (unpaired) electrons. The van der Waals surface area contributed by atoms with Gasteiger partial charge in [-0.15, -0.1) is 0 Å². The molecule has 1 amide bonds. The van der Waals surface area contributed by atoms with E-state index in [0.29, 0.717) is 19.5 Å². The van der Waals surface area contributed by atoms with Crippen LogP contribution in [0.15, 0.2) is 0 Å². The number of amides is 1. The zero-order chi connectivity index (χ0) is 14.3. The molecule has 6 heteroatoms. The number of carbonyl (C=O) groups excluding carboxylic acids is 2. The molecule has 2 fully saturated rings. The molecule has 2 rings (SSSR count). The van der Waals surface area contributed by atoms with Crippen molar-refractivity contribution in [1.82, 2.24) is 4.90 Å². The lowest BCUT2D eigenvalue weighted by Gasteiger charge is -2.28. The molecule has 0 aromatic carbocycles. The normalized spacial score (nSPS) is 30.8. The molecule has 19 heavy (non-hydrogen) atoms. The van der Waals surface area contributed by atoms with Gasteiger partial charge in [-0.25, -0.2) is 4.79 Å². The molecule has 5 nitrogen and oxygen atoms in total. The molecule has 0 aliphatic carbocycles. The third-order valence-electron chi connectivity index (χ3n) is 3.63. The Hall–Kier alpha value is -0.530. The maximum absolute atomic E-state index is 12.1. The maximum Gasteiger partial charge on any atom is 0.410 e. The van der Waals surface area contributed by atoms with Gasteiger partial charge >= 0.3 is 12.1 Å². The lowest BCUT2D eigenvalue weighted by molar-refractivity contribution is -0.140. The number of nitrogens with zero attached hydrogens (tertiary/aromatic N) is 1. The minimum Gasteiger partial charge on any atom is -0.461 e. The van der Waals surface area contributed by atoms with Gasteiger partial charge in [0.05, 0.1) is 6.42 Å². The third kappa shape index (κ3) is 3.14. The van der Waals surface area contributed by atoms with Gasteiger partial charge in [0.15, 0.2) is 0 Å². The standard InChI is InChI=1S/C13H20INO4/c1-12(2,3)19-11(17)15-5-4-13(8-15)6-10(16)18-9(13)7-14/h9H,4-8H2,1-3H3. The van der Waals surface area contributed by atoms with Crippen molar-refractivity contribution in [3.8, 4) is 0 Å². The molecular weight excluding hydrogens is 361 g/mol. The van der Waals surface area contributed by atoms with E-state index in [4.69, 9.17) is 9.47 Å². The van der Waals surface area contributed by atoms with Crippen LogP contribution in [0.3, 0.4) is 0 Å². The molecule has 2 atom stereocenters. The summed E-state index contributed by atoms with van der Waals surface area (Å²) in [6.45, 7) is 6.76. The number of halogens is 1. The minimum absolute atomic E-state index is 0.0759. The van der Waals surface area contributed by atoms with Crippen LogP contribution in [0.5, 0.6) is 0 Å². The third-order valence-corrected chi connectivity index (χ3v) is 4.43. The van der Waals surface area contributed by atoms with Gasteiger partial charge in [0, 0.05) is 22.9 Å². The number of alkyl halides is 1. The highest BCUT2D eigenvalue weighted by atomic mass is 127. The van der Waals surface area contributed by atoms with E-state index in [1.54, 1.807) is 4.90 Å². The summed E-state index contributed by atoms with van der Waals surface area (Å²) in [5, 5.41) is 0. The van der Waals surface area contributed by atoms with Crippen molar-refractivity contribution in [3.05, 3.63) is 0 Å². The topological polar surface area (TPSA) is 55.8 Å². The first-order chi connectivity index (χ1) is 8.76. The van der Waals surface area contributed by atoms with E-state index < -0.39 is 5.60 Å². The van der Waals surface area contributed by atoms with Gasteiger partial charge in [-0.2, -0.15) is 0 Å². The largest absolute Gasteiger partial charge is 0.461 e. The Morgan fingerprint density at radius 3 is 2.84 bits per heavy atom. The van der Waals surface area contributed by atoms with Crippen molar-refractivity contribution < 1.29 is 19.1 Å². The lowest BCUT2D eigenvalue weighted by Crippen LogP contribution is -2.39. The molecule has 0 aromatic heterocycles. The van der Waals surface area contributed by atoms with Crippen LogP contribution in [0, 0.1) is 5.41 Å². The first-order valence-electron chi connectivity index (χ1n) is 6.49. The summed E-state index contributed by atoms with van der Waals surface area (Å²) in [5.41, 5.74) is -0.688. The van der Waals surface area contributed by atoms with E-state index >= 15 is 0 Å². The number of hydrogen-bond donors (Lipinski definition) is 0. The average molecular weight is 381 g/mol. The van der Waals surface area contributed by atoms with Crippen molar-refractivity contribution in [2.75, 3.05) is 17.5 Å². The minimum atomic E-state index is -0.489. The van der Waals surface area contributed by atoms with Crippen molar-refractivity contribution >= 4 is 34.7 Å². The molecule has 0 saturated carbocycles. The van der Waals surface area contributed by atoms with Gasteiger partial charge in [-0.05, 0) is 27.2 Å². The van der Waals surface area contributed by atoms with Crippen LogP contribution in [-0.4, -0.2) is 46.2 Å². The summed E-state index contributed by atoms with van der Waals surface area (Å²) >= 11 is 2.23. The van der Waals surface area contributed by atoms with Crippen LogP contribution >= 0.6 is 22.6 Å². The summed E-state index contributed by atoms with van der Waals surface area (Å²) in [4.78, 5) is 25.3. The molecule has 2 saturated heterocycles. The zero-order valence-electron chi connectivity index (χ0n) is 11.6. The molecule has 1 spiro atoms. The number of esters is 1. The molecular formula is C13H20INO4. The van der Waals surface area contributed by atoms with Crippen molar-refractivity contribution in [2.45, 2.75) is 45.3 Å². The predicted octanol–water partition coefficient (Wildman–Crippen LogP) is 2.36. The number of ether oxygens (including phenoxy) is 2. The van der Waals surface area contributed by atoms with E-state index in [9.17, 15) is 9.59 Å². The molecule has 2 heterocycles. The van der Waals surface area contributed by atoms with Gasteiger partial charge in [-0.1, -0.05) is 22.6 Å². The number of hydrogen-bond acceptors (Lipinski definition) is 4. The Balaban J connectivity index is 2.03. The molecule has 2 unspecified atom stereocenters. The smallest absolute Gasteiger partial charge is 0.410 e. The summed E-state index contributed by atoms with van der Waals surface area (Å²) < 4.78 is 11.5. The van der Waals surface area contributed by atoms with Crippen LogP contribution in [0.1, 0.15) is 33.6 Å². The Bertz CT molecular complexity index is 393. The van der Waals surface area contributed by atoms with Crippen LogP contribution in [0.2, 0.25) is 0 Å². The molecule has 108 valence electrons. The van der Waals surface area contributed by atoms with E-state index in [1.807, 2.05) is 20.8 Å². The van der Waals surface area contributed by atoms with Crippen LogP contribution in [0.25, 0.3) is 0 Å². The van der Waals surface area contributed by atoms with Gasteiger partial charge in [-0.3, -0.25) is 4.79 Å². The number of cyclic esters (lactones) is 1. The number of rotatable bonds is 1. The molecule has 0 N–H and O–H groups in total. The van der Waals surface area contributed by atoms with Crippen LogP contribution in [-0.2, 0) is 14.3 Å². The van der Waals surface area contributed by atoms with Crippen molar-refractivity contribution in [3.63, 3.8) is 0 Å². The van der Waals surface area contributed by atoms with Crippen molar-refractivity contribution in [2.24, 2.45) is 5.41 Å². The molecule has 2 aliphatic rings. The molecule has 0 aromatic rings. The highest BCUT2D eigenvalue weighted by Gasteiger charge is 2.53. The van der Waals surface area contributed by atoms with E-state index in [0.717, 1.165) is 10.8 Å². The van der Waals surface area contributed by atoms with Gasteiger partial charge in [0.1, 0.15) is 11.7 Å². The molecule has 0 bridgehead atoms. The fourth-order valence-corrected chi connectivity index (χ4v) is 3.82. The Morgan fingerprint density at radius 1 is 1.58 bits per heavy atom. The fourth-order valence-electron chi connectivity index (χ4n) is 2.71. The second-order valence-corrected chi connectivity index (χ2v) is 7.20. The van der Waals surface area contributed by atoms with Gasteiger partial charge in [0.2, 0.25) is 0 Å². The first kappa shape index (κ1) is 14.9. The fraction of sp³-hybridized carbons (Fsp3) is 0.846. The summed E-state index contributed by atoms with van der Waals surface area (Å²) in [5.74, 6) is -0.146. The van der Waals surface area contributed by atoms with E-state index in [2.05, 4.69) is 22.6 Å². The van der Waals surface area contributed by atoms with E-state index in [-0.39, 0.29) is 23.6 Å². The number of carbonyl (C=O) groups is 2. The summed E-state index contributed by atoms with van der Waals surface area (Å²) in [6, 6.07) is 0. The summed E-state index contributed by atoms with van der Waals surface area (Å²) in [6.07, 6.45) is 0.856. The van der Waals surface area contributed by atoms with Crippen LogP contribution < -0.4 is 0 Å². The average Bonchev–Trinajstić information content (AvgIpc) is 2.81. The Labute approximate surface area is 127 Å². The predicted molar refractivity (Wildman–Crippen MR) is 78.2 cm³/mol. The first-order valence-corrected chi connectivity index (χ1v) is 8.02. The van der Waals surface area contributed by atoms with Crippen molar-refractivity contribution in [1.29, 1.82) is 0 Å².